The summed E-state index contributed by atoms with van der Waals surface area (Å²) in [4.78, 5) is 16.9. The molecule has 0 N–H and O–H groups in total. The number of aromatic nitrogens is 3. The molecule has 1 aromatic heterocycles. The van der Waals surface area contributed by atoms with Crippen molar-refractivity contribution >= 4 is 11.6 Å². The standard InChI is InChI=1S/C19H27N5O.C2H6/c1-3-19(25)24(17-8-6-5-7-9-17)18-10-12-22(13-11-18)14-16-15-23(4-2)21-20-16;1-2/h5-9,15,18H,3-4,10-14H2,1-2H3;1-2H3. The van der Waals surface area contributed by atoms with Crippen LogP contribution < -0.4 is 4.90 Å². The van der Waals surface area contributed by atoms with Crippen molar-refractivity contribution in [2.75, 3.05) is 18.0 Å². The van der Waals surface area contributed by atoms with Crippen LogP contribution in [0.25, 0.3) is 0 Å². The molecule has 27 heavy (non-hydrogen) atoms. The van der Waals surface area contributed by atoms with Gasteiger partial charge in [-0.1, -0.05) is 44.2 Å². The van der Waals surface area contributed by atoms with Gasteiger partial charge in [0.15, 0.2) is 0 Å². The molecule has 0 bridgehead atoms. The van der Waals surface area contributed by atoms with Crippen LogP contribution in [0, 0.1) is 0 Å². The van der Waals surface area contributed by atoms with E-state index in [0.717, 1.165) is 50.4 Å². The zero-order valence-electron chi connectivity index (χ0n) is 17.1. The van der Waals surface area contributed by atoms with Crippen molar-refractivity contribution in [1.82, 2.24) is 19.9 Å². The van der Waals surface area contributed by atoms with Gasteiger partial charge in [-0.3, -0.25) is 14.4 Å². The smallest absolute Gasteiger partial charge is 0.226 e. The fourth-order valence-electron chi connectivity index (χ4n) is 3.45. The number of benzene rings is 1. The van der Waals surface area contributed by atoms with Gasteiger partial charge >= 0.3 is 0 Å². The first-order valence-electron chi connectivity index (χ1n) is 10.2. The van der Waals surface area contributed by atoms with E-state index in [1.165, 1.54) is 0 Å². The van der Waals surface area contributed by atoms with E-state index in [9.17, 15) is 4.79 Å². The second-order valence-electron chi connectivity index (χ2n) is 6.53. The van der Waals surface area contributed by atoms with Crippen molar-refractivity contribution in [3.8, 4) is 0 Å². The summed E-state index contributed by atoms with van der Waals surface area (Å²) in [6, 6.07) is 10.3. The Kier molecular flexibility index (Phi) is 8.45. The minimum absolute atomic E-state index is 0.204. The van der Waals surface area contributed by atoms with E-state index in [1.807, 2.05) is 66.9 Å². The summed E-state index contributed by atoms with van der Waals surface area (Å²) in [5.74, 6) is 0.204. The number of likely N-dealkylation sites (tertiary alicyclic amines) is 1. The zero-order chi connectivity index (χ0) is 19.6. The fourth-order valence-corrected chi connectivity index (χ4v) is 3.45. The number of nitrogens with zero attached hydrogens (tertiary/aromatic N) is 5. The molecule has 1 saturated heterocycles. The number of anilines is 1. The Morgan fingerprint density at radius 2 is 1.81 bits per heavy atom. The highest BCUT2D eigenvalue weighted by Crippen LogP contribution is 2.25. The van der Waals surface area contributed by atoms with E-state index in [0.29, 0.717) is 6.42 Å². The summed E-state index contributed by atoms with van der Waals surface area (Å²) in [7, 11) is 0. The third kappa shape index (κ3) is 5.63. The van der Waals surface area contributed by atoms with Crippen LogP contribution in [0.15, 0.2) is 36.5 Å². The summed E-state index contributed by atoms with van der Waals surface area (Å²) in [6.45, 7) is 11.6. The summed E-state index contributed by atoms with van der Waals surface area (Å²) in [5, 5.41) is 8.34. The molecule has 0 unspecified atom stereocenters. The predicted molar refractivity (Wildman–Crippen MR) is 110 cm³/mol. The maximum atomic E-state index is 12.5. The van der Waals surface area contributed by atoms with Gasteiger partial charge in [0.1, 0.15) is 0 Å². The van der Waals surface area contributed by atoms with Crippen molar-refractivity contribution in [1.29, 1.82) is 0 Å². The molecule has 1 fully saturated rings. The highest BCUT2D eigenvalue weighted by atomic mass is 16.2. The number of aryl methyl sites for hydroxylation is 1. The molecule has 2 heterocycles. The number of para-hydroxylation sites is 1. The molecule has 0 atom stereocenters. The van der Waals surface area contributed by atoms with Crippen LogP contribution in [0.2, 0.25) is 0 Å². The predicted octanol–water partition coefficient (Wildman–Crippen LogP) is 3.73. The van der Waals surface area contributed by atoms with E-state index in [2.05, 4.69) is 22.1 Å². The highest BCUT2D eigenvalue weighted by molar-refractivity contribution is 5.93. The van der Waals surface area contributed by atoms with Gasteiger partial charge in [0.25, 0.3) is 0 Å². The molecule has 1 aliphatic heterocycles. The molecule has 0 saturated carbocycles. The molecule has 1 aromatic carbocycles. The molecule has 148 valence electrons. The molecule has 0 spiro atoms. The van der Waals surface area contributed by atoms with Gasteiger partial charge in [0.05, 0.1) is 5.69 Å². The normalized spacial score (nSPS) is 15.1. The summed E-state index contributed by atoms with van der Waals surface area (Å²) in [5.41, 5.74) is 2.03. The quantitative estimate of drug-likeness (QED) is 0.776. The van der Waals surface area contributed by atoms with Gasteiger partial charge in [-0.15, -0.1) is 5.10 Å². The number of hydrogen-bond donors (Lipinski definition) is 0. The van der Waals surface area contributed by atoms with E-state index >= 15 is 0 Å². The Hall–Kier alpha value is -2.21. The van der Waals surface area contributed by atoms with Gasteiger partial charge in [0.2, 0.25) is 5.91 Å². The Labute approximate surface area is 163 Å². The third-order valence-corrected chi connectivity index (χ3v) is 4.82. The van der Waals surface area contributed by atoms with Crippen LogP contribution in [0.4, 0.5) is 5.69 Å². The molecule has 1 amide bonds. The Balaban J connectivity index is 0.00000126. The molecule has 3 rings (SSSR count). The number of hydrogen-bond acceptors (Lipinski definition) is 4. The molecule has 6 heteroatoms. The summed E-state index contributed by atoms with van der Waals surface area (Å²) >= 11 is 0. The van der Waals surface area contributed by atoms with Crippen molar-refractivity contribution in [2.45, 2.75) is 66.1 Å². The Morgan fingerprint density at radius 3 is 2.37 bits per heavy atom. The fraction of sp³-hybridized carbons (Fsp3) is 0.571. The van der Waals surface area contributed by atoms with Crippen LogP contribution >= 0.6 is 0 Å². The Bertz CT molecular complexity index is 677. The first kappa shape index (κ1) is 21.1. The van der Waals surface area contributed by atoms with E-state index in [-0.39, 0.29) is 11.9 Å². The topological polar surface area (TPSA) is 54.3 Å². The van der Waals surface area contributed by atoms with Gasteiger partial charge in [0, 0.05) is 50.5 Å². The molecular weight excluding hydrogens is 338 g/mol. The van der Waals surface area contributed by atoms with Gasteiger partial charge < -0.3 is 4.90 Å². The second kappa shape index (κ2) is 10.8. The van der Waals surface area contributed by atoms with Gasteiger partial charge in [-0.05, 0) is 31.9 Å². The van der Waals surface area contributed by atoms with Crippen molar-refractivity contribution in [3.05, 3.63) is 42.2 Å². The minimum atomic E-state index is 0.204. The van der Waals surface area contributed by atoms with E-state index < -0.39 is 0 Å². The lowest BCUT2D eigenvalue weighted by Gasteiger charge is -2.38. The first-order chi connectivity index (χ1) is 13.2. The van der Waals surface area contributed by atoms with Crippen molar-refractivity contribution in [3.63, 3.8) is 0 Å². The van der Waals surface area contributed by atoms with Crippen LogP contribution in [0.1, 0.15) is 52.7 Å². The summed E-state index contributed by atoms with van der Waals surface area (Å²) in [6.07, 6.45) is 4.53. The molecular formula is C21H33N5O. The second-order valence-corrected chi connectivity index (χ2v) is 6.53. The monoisotopic (exact) mass is 371 g/mol. The van der Waals surface area contributed by atoms with Crippen molar-refractivity contribution < 1.29 is 4.79 Å². The SMILES string of the molecule is CC.CCC(=O)N(c1ccccc1)C1CCN(Cc2cn(CC)nn2)CC1. The maximum absolute atomic E-state index is 12.5. The number of carbonyl (C=O) groups is 1. The maximum Gasteiger partial charge on any atom is 0.226 e. The summed E-state index contributed by atoms with van der Waals surface area (Å²) < 4.78 is 1.86. The minimum Gasteiger partial charge on any atom is -0.309 e. The zero-order valence-corrected chi connectivity index (χ0v) is 17.1. The lowest BCUT2D eigenvalue weighted by Crippen LogP contribution is -2.47. The van der Waals surface area contributed by atoms with Gasteiger partial charge in [-0.2, -0.15) is 0 Å². The number of amides is 1. The number of piperidine rings is 1. The molecule has 0 aliphatic carbocycles. The molecule has 2 aromatic rings. The average molecular weight is 372 g/mol. The van der Waals surface area contributed by atoms with Gasteiger partial charge in [-0.25, -0.2) is 0 Å². The average Bonchev–Trinajstić information content (AvgIpc) is 3.19. The largest absolute Gasteiger partial charge is 0.309 e. The van der Waals surface area contributed by atoms with Crippen molar-refractivity contribution in [2.24, 2.45) is 0 Å². The molecule has 6 nitrogen and oxygen atoms in total. The number of carbonyl (C=O) groups excluding carboxylic acids is 1. The lowest BCUT2D eigenvalue weighted by molar-refractivity contribution is -0.119. The highest BCUT2D eigenvalue weighted by Gasteiger charge is 2.28. The lowest BCUT2D eigenvalue weighted by atomic mass is 10.0. The van der Waals surface area contributed by atoms with Crippen LogP contribution in [-0.4, -0.2) is 44.9 Å². The van der Waals surface area contributed by atoms with Crippen LogP contribution in [0.3, 0.4) is 0 Å². The first-order valence-corrected chi connectivity index (χ1v) is 10.2. The Morgan fingerprint density at radius 1 is 1.15 bits per heavy atom. The number of rotatable bonds is 6. The molecule has 0 radical (unpaired) electrons. The van der Waals surface area contributed by atoms with E-state index in [4.69, 9.17) is 0 Å². The molecule has 1 aliphatic rings. The van der Waals surface area contributed by atoms with Crippen LogP contribution in [0.5, 0.6) is 0 Å². The third-order valence-electron chi connectivity index (χ3n) is 4.82. The van der Waals surface area contributed by atoms with E-state index in [1.54, 1.807) is 0 Å². The van der Waals surface area contributed by atoms with Crippen LogP contribution in [-0.2, 0) is 17.9 Å².